The van der Waals surface area contributed by atoms with Gasteiger partial charge in [-0.3, -0.25) is 0 Å². The van der Waals surface area contributed by atoms with Crippen LogP contribution in [0, 0.1) is 0 Å². The molecule has 0 unspecified atom stereocenters. The SMILES string of the molecule is C=COC(=O)NCC[Si](O[Si](C)(C)C)(O[Si](C)(C)C)O[Si](C)(C)C. The van der Waals surface area contributed by atoms with Gasteiger partial charge < -0.3 is 22.4 Å². The third kappa shape index (κ3) is 12.2. The molecule has 142 valence electrons. The minimum absolute atomic E-state index is 0.387. The van der Waals surface area contributed by atoms with Gasteiger partial charge in [-0.2, -0.15) is 0 Å². The highest BCUT2D eigenvalue weighted by molar-refractivity contribution is 6.90. The molecule has 0 aliphatic heterocycles. The van der Waals surface area contributed by atoms with Crippen LogP contribution < -0.4 is 5.32 Å². The average molecular weight is 410 g/mol. The maximum absolute atomic E-state index is 11.5. The minimum Gasteiger partial charge on any atom is -0.419 e. The number of ether oxygens (including phenoxy) is 1. The van der Waals surface area contributed by atoms with Gasteiger partial charge in [-0.25, -0.2) is 4.79 Å². The Balaban J connectivity index is 5.38. The van der Waals surface area contributed by atoms with Gasteiger partial charge >= 0.3 is 14.9 Å². The first-order chi connectivity index (χ1) is 10.6. The highest BCUT2D eigenvalue weighted by Gasteiger charge is 2.49. The second-order valence-corrected chi connectivity index (χ2v) is 25.6. The van der Waals surface area contributed by atoms with E-state index >= 15 is 0 Å². The molecule has 0 fully saturated rings. The number of amides is 1. The maximum atomic E-state index is 11.5. The van der Waals surface area contributed by atoms with E-state index in [1.54, 1.807) is 0 Å². The van der Waals surface area contributed by atoms with Gasteiger partial charge in [-0.1, -0.05) is 6.58 Å². The molecule has 10 heteroatoms. The molecule has 0 aliphatic rings. The van der Waals surface area contributed by atoms with Crippen molar-refractivity contribution in [3.8, 4) is 0 Å². The summed E-state index contributed by atoms with van der Waals surface area (Å²) in [7, 11) is -8.57. The zero-order chi connectivity index (χ0) is 19.2. The quantitative estimate of drug-likeness (QED) is 0.429. The summed E-state index contributed by atoms with van der Waals surface area (Å²) in [6.07, 6.45) is 0.581. The van der Waals surface area contributed by atoms with E-state index in [9.17, 15) is 4.79 Å². The molecule has 0 rings (SSSR count). The largest absolute Gasteiger partial charge is 0.471 e. The summed E-state index contributed by atoms with van der Waals surface area (Å²) < 4.78 is 24.2. The number of carbonyl (C=O) groups excluding carboxylic acids is 1. The molecular formula is C14H35NO5Si4. The standard InChI is InChI=1S/C14H35NO5Si4/c1-11-17-14(16)15-12-13-24(18-21(2,3)4,19-22(5,6)7)20-23(8,9)10/h11H,1,12-13H2,2-10H3,(H,15,16). The second-order valence-electron chi connectivity index (χ2n) is 8.58. The third-order valence-corrected chi connectivity index (χ3v) is 14.2. The Kier molecular flexibility index (Phi) is 8.83. The van der Waals surface area contributed by atoms with E-state index in [0.717, 1.165) is 6.26 Å². The van der Waals surface area contributed by atoms with Crippen molar-refractivity contribution in [1.29, 1.82) is 0 Å². The molecule has 0 bridgehead atoms. The number of hydrogen-bond acceptors (Lipinski definition) is 5. The molecule has 0 radical (unpaired) electrons. The van der Waals surface area contributed by atoms with Gasteiger partial charge in [-0.05, 0) is 58.9 Å². The number of hydrogen-bond donors (Lipinski definition) is 1. The summed E-state index contributed by atoms with van der Waals surface area (Å²) in [4.78, 5) is 11.5. The van der Waals surface area contributed by atoms with Crippen LogP contribution in [0.15, 0.2) is 12.8 Å². The van der Waals surface area contributed by atoms with E-state index in [-0.39, 0.29) is 0 Å². The van der Waals surface area contributed by atoms with E-state index in [1.165, 1.54) is 0 Å². The van der Waals surface area contributed by atoms with Gasteiger partial charge in [0.25, 0.3) is 0 Å². The molecule has 0 saturated heterocycles. The van der Waals surface area contributed by atoms with Gasteiger partial charge in [-0.15, -0.1) is 0 Å². The van der Waals surface area contributed by atoms with Gasteiger partial charge in [0.1, 0.15) is 0 Å². The average Bonchev–Trinajstić information content (AvgIpc) is 2.20. The third-order valence-electron chi connectivity index (χ3n) is 2.28. The molecule has 0 aromatic rings. The summed E-state index contributed by atoms with van der Waals surface area (Å²) in [6, 6.07) is 0.540. The van der Waals surface area contributed by atoms with Gasteiger partial charge in [0.15, 0.2) is 25.0 Å². The van der Waals surface area contributed by atoms with E-state index < -0.39 is 39.8 Å². The van der Waals surface area contributed by atoms with Gasteiger partial charge in [0.05, 0.1) is 6.26 Å². The molecule has 0 atom stereocenters. The van der Waals surface area contributed by atoms with Crippen molar-refractivity contribution in [1.82, 2.24) is 5.32 Å². The lowest BCUT2D eigenvalue weighted by Crippen LogP contribution is -2.61. The summed E-state index contributed by atoms with van der Waals surface area (Å²) in [5.74, 6) is 0. The fraction of sp³-hybridized carbons (Fsp3) is 0.786. The van der Waals surface area contributed by atoms with Crippen molar-refractivity contribution in [2.75, 3.05) is 6.54 Å². The minimum atomic E-state index is -2.90. The Morgan fingerprint density at radius 1 is 0.875 bits per heavy atom. The Labute approximate surface area is 151 Å². The molecule has 0 spiro atoms. The van der Waals surface area contributed by atoms with Crippen LogP contribution in [0.5, 0.6) is 0 Å². The molecule has 0 aliphatic carbocycles. The Morgan fingerprint density at radius 2 is 1.25 bits per heavy atom. The molecule has 0 saturated carbocycles. The zero-order valence-corrected chi connectivity index (χ0v) is 20.7. The van der Waals surface area contributed by atoms with Crippen LogP contribution in [0.4, 0.5) is 4.79 Å². The first kappa shape index (κ1) is 23.8. The van der Waals surface area contributed by atoms with Crippen LogP contribution in [0.2, 0.25) is 65.0 Å². The van der Waals surface area contributed by atoms with Gasteiger partial charge in [0.2, 0.25) is 0 Å². The van der Waals surface area contributed by atoms with Crippen molar-refractivity contribution in [2.45, 2.75) is 65.0 Å². The maximum Gasteiger partial charge on any atom is 0.471 e. The molecule has 0 heterocycles. The highest BCUT2D eigenvalue weighted by Crippen LogP contribution is 2.28. The van der Waals surface area contributed by atoms with Crippen LogP contribution in [0.25, 0.3) is 0 Å². The van der Waals surface area contributed by atoms with Crippen molar-refractivity contribution in [3.05, 3.63) is 12.8 Å². The lowest BCUT2D eigenvalue weighted by atomic mass is 10.7. The fourth-order valence-electron chi connectivity index (χ4n) is 2.05. The molecule has 6 nitrogen and oxygen atoms in total. The number of carbonyl (C=O) groups is 1. The topological polar surface area (TPSA) is 66.0 Å². The molecule has 1 amide bonds. The van der Waals surface area contributed by atoms with Gasteiger partial charge in [0, 0.05) is 12.6 Å². The molecule has 0 aromatic carbocycles. The molecule has 0 aromatic heterocycles. The predicted molar refractivity (Wildman–Crippen MR) is 109 cm³/mol. The van der Waals surface area contributed by atoms with Crippen molar-refractivity contribution < 1.29 is 21.9 Å². The van der Waals surface area contributed by atoms with E-state index in [2.05, 4.69) is 70.8 Å². The second kappa shape index (κ2) is 8.92. The van der Waals surface area contributed by atoms with E-state index in [1.807, 2.05) is 0 Å². The van der Waals surface area contributed by atoms with Crippen LogP contribution in [0.3, 0.4) is 0 Å². The number of nitrogens with one attached hydrogen (secondary N) is 1. The number of alkyl carbamates (subject to hydrolysis) is 1. The fourth-order valence-corrected chi connectivity index (χ4v) is 16.5. The van der Waals surface area contributed by atoms with Crippen molar-refractivity contribution in [3.63, 3.8) is 0 Å². The Bertz CT molecular complexity index is 386. The normalized spacial score (nSPS) is 13.5. The van der Waals surface area contributed by atoms with Crippen LogP contribution in [0.1, 0.15) is 0 Å². The van der Waals surface area contributed by atoms with Crippen LogP contribution in [-0.4, -0.2) is 46.4 Å². The molecule has 1 N–H and O–H groups in total. The highest BCUT2D eigenvalue weighted by atomic mass is 28.5. The van der Waals surface area contributed by atoms with Crippen molar-refractivity contribution >= 4 is 39.8 Å². The summed E-state index contributed by atoms with van der Waals surface area (Å²) in [5, 5.41) is 2.70. The lowest BCUT2D eigenvalue weighted by molar-refractivity contribution is 0.185. The van der Waals surface area contributed by atoms with E-state index in [4.69, 9.17) is 17.1 Å². The lowest BCUT2D eigenvalue weighted by Gasteiger charge is -2.42. The Morgan fingerprint density at radius 3 is 1.54 bits per heavy atom. The molecule has 24 heavy (non-hydrogen) atoms. The van der Waals surface area contributed by atoms with Crippen LogP contribution in [-0.2, 0) is 17.1 Å². The smallest absolute Gasteiger partial charge is 0.419 e. The number of rotatable bonds is 10. The predicted octanol–water partition coefficient (Wildman–Crippen LogP) is 4.35. The Hall–Kier alpha value is -0.242. The molecular weight excluding hydrogens is 375 g/mol. The van der Waals surface area contributed by atoms with Crippen molar-refractivity contribution in [2.24, 2.45) is 0 Å². The van der Waals surface area contributed by atoms with E-state index in [0.29, 0.717) is 12.6 Å². The first-order valence-corrected chi connectivity index (χ1v) is 20.4. The summed E-state index contributed by atoms with van der Waals surface area (Å²) >= 11 is 0. The zero-order valence-electron chi connectivity index (χ0n) is 16.7. The monoisotopic (exact) mass is 409 g/mol. The first-order valence-electron chi connectivity index (χ1n) is 8.23. The summed E-state index contributed by atoms with van der Waals surface area (Å²) in [6.45, 7) is 23.0. The van der Waals surface area contributed by atoms with Crippen LogP contribution >= 0.6 is 0 Å². The summed E-state index contributed by atoms with van der Waals surface area (Å²) in [5.41, 5.74) is 0.